The molecule has 2 aromatic carbocycles. The van der Waals surface area contributed by atoms with Gasteiger partial charge in [-0.05, 0) is 49.2 Å². The molecule has 1 aliphatic heterocycles. The van der Waals surface area contributed by atoms with Crippen LogP contribution in [0.4, 0.5) is 5.13 Å². The van der Waals surface area contributed by atoms with E-state index >= 15 is 0 Å². The molecule has 1 aromatic heterocycles. The molecule has 0 atom stereocenters. The third kappa shape index (κ3) is 7.61. The fourth-order valence-corrected chi connectivity index (χ4v) is 7.44. The molecule has 2 heterocycles. The number of hydrogen-bond donors (Lipinski definition) is 1. The summed E-state index contributed by atoms with van der Waals surface area (Å²) in [5, 5.41) is 3.93. The number of aromatic nitrogens is 1. The second-order valence-electron chi connectivity index (χ2n) is 9.66. The Labute approximate surface area is 253 Å². The largest absolute Gasteiger partial charge is 0.493 e. The van der Waals surface area contributed by atoms with Gasteiger partial charge in [-0.15, -0.1) is 12.4 Å². The highest BCUT2D eigenvalue weighted by molar-refractivity contribution is 7.89. The lowest BCUT2D eigenvalue weighted by Crippen LogP contribution is -2.48. The average Bonchev–Trinajstić information content (AvgIpc) is 3.41. The van der Waals surface area contributed by atoms with Gasteiger partial charge in [-0.3, -0.25) is 9.69 Å². The minimum absolute atomic E-state index is 0. The lowest BCUT2D eigenvalue weighted by Gasteiger charge is -2.34. The second-order valence-corrected chi connectivity index (χ2v) is 12.6. The van der Waals surface area contributed by atoms with Gasteiger partial charge in [-0.25, -0.2) is 13.4 Å². The number of methoxy groups -OCH3 is 2. The number of fused-ring (bicyclic) bond motifs is 1. The zero-order valence-electron chi connectivity index (χ0n) is 24.1. The van der Waals surface area contributed by atoms with E-state index in [1.54, 1.807) is 37.7 Å². The summed E-state index contributed by atoms with van der Waals surface area (Å²) >= 11 is 1.65. The fourth-order valence-electron chi connectivity index (χ4n) is 4.80. The predicted octanol–water partition coefficient (Wildman–Crippen LogP) is 4.10. The molecule has 0 bridgehead atoms. The van der Waals surface area contributed by atoms with Crippen LogP contribution < -0.4 is 19.7 Å². The number of thiazole rings is 1. The zero-order chi connectivity index (χ0) is 28.7. The molecule has 0 unspecified atom stereocenters. The third-order valence-corrected chi connectivity index (χ3v) is 9.94. The highest BCUT2D eigenvalue weighted by Crippen LogP contribution is 2.40. The van der Waals surface area contributed by atoms with Crippen LogP contribution in [0.5, 0.6) is 11.5 Å². The molecule has 0 aliphatic carbocycles. The summed E-state index contributed by atoms with van der Waals surface area (Å²) in [4.78, 5) is 22.3. The van der Waals surface area contributed by atoms with Gasteiger partial charge < -0.3 is 19.7 Å². The average molecular weight is 626 g/mol. The highest BCUT2D eigenvalue weighted by atomic mass is 35.5. The molecule has 1 amide bonds. The first kappa shape index (κ1) is 32.9. The van der Waals surface area contributed by atoms with Crippen LogP contribution >= 0.6 is 23.7 Å². The second kappa shape index (κ2) is 15.0. The minimum Gasteiger partial charge on any atom is -0.493 e. The molecule has 1 aliphatic rings. The summed E-state index contributed by atoms with van der Waals surface area (Å²) in [6.45, 7) is 9.56. The van der Waals surface area contributed by atoms with Crippen molar-refractivity contribution in [2.24, 2.45) is 0 Å². The molecule has 226 valence electrons. The van der Waals surface area contributed by atoms with Gasteiger partial charge >= 0.3 is 0 Å². The summed E-state index contributed by atoms with van der Waals surface area (Å²) in [7, 11) is -0.313. The van der Waals surface area contributed by atoms with Crippen molar-refractivity contribution < 1.29 is 22.7 Å². The molecule has 0 spiro atoms. The van der Waals surface area contributed by atoms with Crippen LogP contribution in [0.1, 0.15) is 37.0 Å². The molecule has 1 N–H and O–H groups in total. The highest BCUT2D eigenvalue weighted by Gasteiger charge is 2.24. The summed E-state index contributed by atoms with van der Waals surface area (Å²) in [5.41, 5.74) is 1.26. The number of amides is 1. The Morgan fingerprint density at radius 1 is 1.00 bits per heavy atom. The Bertz CT molecular complexity index is 1390. The Kier molecular flexibility index (Phi) is 12.0. The first-order valence-electron chi connectivity index (χ1n) is 13.7. The van der Waals surface area contributed by atoms with Crippen LogP contribution in [0.15, 0.2) is 41.3 Å². The third-order valence-electron chi connectivity index (χ3n) is 6.95. The molecule has 41 heavy (non-hydrogen) atoms. The number of hydrogen-bond acceptors (Lipinski definition) is 9. The van der Waals surface area contributed by atoms with Gasteiger partial charge in [0, 0.05) is 57.9 Å². The van der Waals surface area contributed by atoms with Crippen molar-refractivity contribution in [3.05, 3.63) is 42.0 Å². The van der Waals surface area contributed by atoms with Crippen molar-refractivity contribution in [3.8, 4) is 11.5 Å². The van der Waals surface area contributed by atoms with E-state index in [0.717, 1.165) is 60.9 Å². The van der Waals surface area contributed by atoms with E-state index in [0.29, 0.717) is 36.7 Å². The minimum atomic E-state index is -3.56. The van der Waals surface area contributed by atoms with E-state index in [-0.39, 0.29) is 23.2 Å². The SMILES string of the molecule is CCCN(CCC)S(=O)(=O)c1ccc(C(=O)NCCN2CCN(c3nc4c(OC)c(OC)ccc4s3)CC2)cc1.Cl. The molecule has 3 aromatic rings. The number of carbonyl (C=O) groups excluding carboxylic acids is 1. The zero-order valence-corrected chi connectivity index (χ0v) is 26.5. The Hall–Kier alpha value is -2.64. The molecule has 0 saturated carbocycles. The van der Waals surface area contributed by atoms with E-state index in [2.05, 4.69) is 15.1 Å². The normalized spacial score (nSPS) is 14.2. The summed E-state index contributed by atoms with van der Waals surface area (Å²) in [5.74, 6) is 1.12. The van der Waals surface area contributed by atoms with Crippen molar-refractivity contribution in [2.45, 2.75) is 31.6 Å². The van der Waals surface area contributed by atoms with Crippen molar-refractivity contribution in [3.63, 3.8) is 0 Å². The van der Waals surface area contributed by atoms with Gasteiger partial charge in [-0.1, -0.05) is 25.2 Å². The van der Waals surface area contributed by atoms with Crippen LogP contribution in [0.2, 0.25) is 0 Å². The lowest BCUT2D eigenvalue weighted by atomic mass is 10.2. The first-order valence-corrected chi connectivity index (χ1v) is 15.9. The number of benzene rings is 2. The van der Waals surface area contributed by atoms with E-state index in [1.807, 2.05) is 26.0 Å². The maximum atomic E-state index is 13.0. The topological polar surface area (TPSA) is 104 Å². The Morgan fingerprint density at radius 2 is 1.66 bits per heavy atom. The van der Waals surface area contributed by atoms with Crippen molar-refractivity contribution >= 4 is 55.0 Å². The maximum Gasteiger partial charge on any atom is 0.251 e. The van der Waals surface area contributed by atoms with Crippen LogP contribution in [0, 0.1) is 0 Å². The summed E-state index contributed by atoms with van der Waals surface area (Å²) < 4.78 is 39.4. The number of ether oxygens (including phenoxy) is 2. The van der Waals surface area contributed by atoms with Crippen LogP contribution in [-0.4, -0.2) is 95.1 Å². The molecule has 0 radical (unpaired) electrons. The number of nitrogens with zero attached hydrogens (tertiary/aromatic N) is 4. The van der Waals surface area contributed by atoms with Crippen LogP contribution in [0.25, 0.3) is 10.2 Å². The van der Waals surface area contributed by atoms with Gasteiger partial charge in [0.25, 0.3) is 5.91 Å². The van der Waals surface area contributed by atoms with Gasteiger partial charge in [0.2, 0.25) is 10.0 Å². The number of carbonyl (C=O) groups is 1. The molecule has 1 saturated heterocycles. The maximum absolute atomic E-state index is 13.0. The molecular formula is C28H40ClN5O5S2. The fraction of sp³-hybridized carbons (Fsp3) is 0.500. The van der Waals surface area contributed by atoms with Crippen LogP contribution in [0.3, 0.4) is 0 Å². The van der Waals surface area contributed by atoms with Gasteiger partial charge in [0.15, 0.2) is 16.6 Å². The van der Waals surface area contributed by atoms with Crippen molar-refractivity contribution in [1.82, 2.24) is 19.5 Å². The van der Waals surface area contributed by atoms with E-state index in [1.165, 1.54) is 16.4 Å². The van der Waals surface area contributed by atoms with Crippen molar-refractivity contribution in [1.29, 1.82) is 0 Å². The Balaban J connectivity index is 0.00000462. The summed E-state index contributed by atoms with van der Waals surface area (Å²) in [6, 6.07) is 10.1. The quantitative estimate of drug-likeness (QED) is 0.303. The Morgan fingerprint density at radius 3 is 2.24 bits per heavy atom. The van der Waals surface area contributed by atoms with E-state index < -0.39 is 10.0 Å². The first-order chi connectivity index (χ1) is 19.3. The van der Waals surface area contributed by atoms with E-state index in [4.69, 9.17) is 14.5 Å². The number of nitrogens with one attached hydrogen (secondary N) is 1. The molecule has 13 heteroatoms. The van der Waals surface area contributed by atoms with Gasteiger partial charge in [0.1, 0.15) is 5.52 Å². The molecular weight excluding hydrogens is 586 g/mol. The van der Waals surface area contributed by atoms with Gasteiger partial charge in [0.05, 0.1) is 23.8 Å². The number of rotatable bonds is 13. The lowest BCUT2D eigenvalue weighted by molar-refractivity contribution is 0.0947. The molecule has 10 nitrogen and oxygen atoms in total. The standard InChI is InChI=1S/C28H39N5O5S2.ClH/c1-5-14-33(15-6-2)40(35,36)22-9-7-21(8-10-22)27(34)29-13-16-31-17-19-32(20-18-31)28-30-25-24(39-28)12-11-23(37-3)26(25)38-4;/h7-12H,5-6,13-20H2,1-4H3,(H,29,34);1H. The number of anilines is 1. The number of halogens is 1. The monoisotopic (exact) mass is 625 g/mol. The summed E-state index contributed by atoms with van der Waals surface area (Å²) in [6.07, 6.45) is 1.50. The molecule has 4 rings (SSSR count). The predicted molar refractivity (Wildman–Crippen MR) is 167 cm³/mol. The number of piperazine rings is 1. The number of sulfonamides is 1. The molecule has 1 fully saturated rings. The van der Waals surface area contributed by atoms with Crippen molar-refractivity contribution in [2.75, 3.05) is 71.5 Å². The van der Waals surface area contributed by atoms with Crippen LogP contribution in [-0.2, 0) is 10.0 Å². The van der Waals surface area contributed by atoms with E-state index in [9.17, 15) is 13.2 Å². The smallest absolute Gasteiger partial charge is 0.251 e. The van der Waals surface area contributed by atoms with Gasteiger partial charge in [-0.2, -0.15) is 4.31 Å².